The van der Waals surface area contributed by atoms with E-state index in [1.54, 1.807) is 7.11 Å². The lowest BCUT2D eigenvalue weighted by Gasteiger charge is -2.12. The Balaban J connectivity index is 2.17. The van der Waals surface area contributed by atoms with Crippen molar-refractivity contribution in [2.45, 2.75) is 12.8 Å². The molecule has 0 radical (unpaired) electrons. The Morgan fingerprint density at radius 2 is 2.29 bits per heavy atom. The highest BCUT2D eigenvalue weighted by Gasteiger charge is 2.05. The zero-order valence-electron chi connectivity index (χ0n) is 8.32. The summed E-state index contributed by atoms with van der Waals surface area (Å²) in [7, 11) is 1.63. The summed E-state index contributed by atoms with van der Waals surface area (Å²) in [5, 5.41) is 0. The van der Waals surface area contributed by atoms with Crippen molar-refractivity contribution in [3.8, 4) is 5.75 Å². The Bertz CT molecular complexity index is 342. The fourth-order valence-electron chi connectivity index (χ4n) is 1.63. The Hall–Kier alpha value is -1.28. The van der Waals surface area contributed by atoms with E-state index in [9.17, 15) is 0 Å². The lowest BCUT2D eigenvalue weighted by atomic mass is 9.97. The van der Waals surface area contributed by atoms with Crippen molar-refractivity contribution in [1.82, 2.24) is 0 Å². The van der Waals surface area contributed by atoms with Gasteiger partial charge in [-0.3, -0.25) is 0 Å². The number of hydrogen-bond acceptors (Lipinski definition) is 2. The van der Waals surface area contributed by atoms with Crippen LogP contribution >= 0.6 is 0 Å². The van der Waals surface area contributed by atoms with Crippen LogP contribution in [0.3, 0.4) is 0 Å². The van der Waals surface area contributed by atoms with Crippen LogP contribution in [0.1, 0.15) is 17.5 Å². The molecule has 0 fully saturated rings. The van der Waals surface area contributed by atoms with E-state index in [0.717, 1.165) is 18.6 Å². The molecule has 1 aromatic rings. The molecule has 0 aromatic heterocycles. The molecule has 2 rings (SSSR count). The van der Waals surface area contributed by atoms with Gasteiger partial charge in [0, 0.05) is 7.11 Å². The molecule has 14 heavy (non-hydrogen) atoms. The topological polar surface area (TPSA) is 18.5 Å². The molecule has 2 heteroatoms. The van der Waals surface area contributed by atoms with Crippen molar-refractivity contribution in [3.05, 3.63) is 35.4 Å². The molecule has 0 unspecified atom stereocenters. The van der Waals surface area contributed by atoms with Gasteiger partial charge in [-0.1, -0.05) is 18.2 Å². The first-order valence-corrected chi connectivity index (χ1v) is 4.81. The van der Waals surface area contributed by atoms with Gasteiger partial charge in [-0.15, -0.1) is 0 Å². The molecule has 0 spiro atoms. The third-order valence-corrected chi connectivity index (χ3v) is 2.34. The van der Waals surface area contributed by atoms with Gasteiger partial charge in [-0.05, 0) is 36.1 Å². The van der Waals surface area contributed by atoms with Gasteiger partial charge in [0.1, 0.15) is 5.75 Å². The number of rotatable bonds is 3. The van der Waals surface area contributed by atoms with Crippen LogP contribution in [0.2, 0.25) is 0 Å². The van der Waals surface area contributed by atoms with Crippen LogP contribution in [-0.4, -0.2) is 13.9 Å². The molecule has 0 heterocycles. The molecule has 1 aliphatic carbocycles. The summed E-state index contributed by atoms with van der Waals surface area (Å²) in [4.78, 5) is 0. The van der Waals surface area contributed by atoms with E-state index < -0.39 is 0 Å². The predicted octanol–water partition coefficient (Wildman–Crippen LogP) is 2.63. The quantitative estimate of drug-likeness (QED) is 0.682. The average molecular weight is 190 g/mol. The fraction of sp³-hybridized carbons (Fsp3) is 0.333. The third kappa shape index (κ3) is 1.96. The van der Waals surface area contributed by atoms with E-state index in [1.807, 2.05) is 6.07 Å². The molecule has 0 saturated heterocycles. The maximum atomic E-state index is 5.37. The first-order chi connectivity index (χ1) is 6.90. The molecule has 1 aliphatic rings. The predicted molar refractivity (Wildman–Crippen MR) is 56.3 cm³/mol. The smallest absolute Gasteiger partial charge is 0.188 e. The molecule has 74 valence electrons. The maximum absolute atomic E-state index is 5.37. The summed E-state index contributed by atoms with van der Waals surface area (Å²) in [6.07, 6.45) is 6.60. The zero-order valence-corrected chi connectivity index (χ0v) is 8.32. The van der Waals surface area contributed by atoms with Gasteiger partial charge in [-0.2, -0.15) is 0 Å². The van der Waals surface area contributed by atoms with Crippen molar-refractivity contribution in [1.29, 1.82) is 0 Å². The Morgan fingerprint density at radius 1 is 1.36 bits per heavy atom. The minimum absolute atomic E-state index is 0.314. The second kappa shape index (κ2) is 4.29. The van der Waals surface area contributed by atoms with Crippen molar-refractivity contribution in [2.24, 2.45) is 0 Å². The number of methoxy groups -OCH3 is 1. The zero-order chi connectivity index (χ0) is 9.80. The number of allylic oxidation sites excluding steroid dienone is 1. The minimum Gasteiger partial charge on any atom is -0.468 e. The second-order valence-electron chi connectivity index (χ2n) is 3.35. The van der Waals surface area contributed by atoms with Crippen molar-refractivity contribution < 1.29 is 9.47 Å². The van der Waals surface area contributed by atoms with Crippen LogP contribution < -0.4 is 4.74 Å². The number of fused-ring (bicyclic) bond motifs is 1. The lowest BCUT2D eigenvalue weighted by Crippen LogP contribution is -2.00. The van der Waals surface area contributed by atoms with Gasteiger partial charge in [0.2, 0.25) is 0 Å². The monoisotopic (exact) mass is 190 g/mol. The first-order valence-electron chi connectivity index (χ1n) is 4.81. The average Bonchev–Trinajstić information content (AvgIpc) is 2.26. The van der Waals surface area contributed by atoms with E-state index in [1.165, 1.54) is 11.1 Å². The van der Waals surface area contributed by atoms with E-state index in [-0.39, 0.29) is 0 Å². The number of aryl methyl sites for hydroxylation is 1. The summed E-state index contributed by atoms with van der Waals surface area (Å²) in [5.41, 5.74) is 2.67. The highest BCUT2D eigenvalue weighted by atomic mass is 16.7. The Labute approximate surface area is 84.2 Å². The maximum Gasteiger partial charge on any atom is 0.188 e. The fourth-order valence-corrected chi connectivity index (χ4v) is 1.63. The van der Waals surface area contributed by atoms with Crippen LogP contribution in [0.25, 0.3) is 6.08 Å². The van der Waals surface area contributed by atoms with E-state index >= 15 is 0 Å². The van der Waals surface area contributed by atoms with E-state index in [2.05, 4.69) is 24.3 Å². The summed E-state index contributed by atoms with van der Waals surface area (Å²) in [6.45, 7) is 0.314. The van der Waals surface area contributed by atoms with Gasteiger partial charge in [0.25, 0.3) is 0 Å². The molecule has 0 aliphatic heterocycles. The SMILES string of the molecule is COCOc1ccc2c(c1)CCC=C2. The van der Waals surface area contributed by atoms with Crippen LogP contribution in [0.4, 0.5) is 0 Å². The molecular formula is C12H14O2. The molecular weight excluding hydrogens is 176 g/mol. The molecule has 0 amide bonds. The normalized spacial score (nSPS) is 13.8. The van der Waals surface area contributed by atoms with Gasteiger partial charge >= 0.3 is 0 Å². The van der Waals surface area contributed by atoms with Crippen LogP contribution in [0, 0.1) is 0 Å². The Morgan fingerprint density at radius 3 is 3.14 bits per heavy atom. The van der Waals surface area contributed by atoms with Crippen LogP contribution in [0.5, 0.6) is 5.75 Å². The Kier molecular flexibility index (Phi) is 2.84. The van der Waals surface area contributed by atoms with Gasteiger partial charge in [-0.25, -0.2) is 0 Å². The molecule has 1 aromatic carbocycles. The first kappa shape index (κ1) is 9.28. The molecule has 0 atom stereocenters. The van der Waals surface area contributed by atoms with Crippen molar-refractivity contribution in [3.63, 3.8) is 0 Å². The lowest BCUT2D eigenvalue weighted by molar-refractivity contribution is 0.0511. The molecule has 0 bridgehead atoms. The van der Waals surface area contributed by atoms with Gasteiger partial charge in [0.15, 0.2) is 6.79 Å². The van der Waals surface area contributed by atoms with Crippen molar-refractivity contribution in [2.75, 3.05) is 13.9 Å². The van der Waals surface area contributed by atoms with Crippen LogP contribution in [-0.2, 0) is 11.2 Å². The summed E-state index contributed by atoms with van der Waals surface area (Å²) in [6, 6.07) is 6.17. The van der Waals surface area contributed by atoms with Gasteiger partial charge < -0.3 is 9.47 Å². The van der Waals surface area contributed by atoms with Gasteiger partial charge in [0.05, 0.1) is 0 Å². The standard InChI is InChI=1S/C12H14O2/c1-13-9-14-12-7-6-10-4-2-3-5-11(10)8-12/h2,4,6-8H,3,5,9H2,1H3. The third-order valence-electron chi connectivity index (χ3n) is 2.34. The minimum atomic E-state index is 0.314. The highest BCUT2D eigenvalue weighted by Crippen LogP contribution is 2.23. The summed E-state index contributed by atoms with van der Waals surface area (Å²) in [5.74, 6) is 0.890. The number of ether oxygens (including phenoxy) is 2. The molecule has 2 nitrogen and oxygen atoms in total. The molecule has 0 N–H and O–H groups in total. The van der Waals surface area contributed by atoms with Crippen molar-refractivity contribution >= 4 is 6.08 Å². The van der Waals surface area contributed by atoms with E-state index in [0.29, 0.717) is 6.79 Å². The largest absolute Gasteiger partial charge is 0.468 e. The highest BCUT2D eigenvalue weighted by molar-refractivity contribution is 5.57. The second-order valence-corrected chi connectivity index (χ2v) is 3.35. The number of benzene rings is 1. The number of hydrogen-bond donors (Lipinski definition) is 0. The summed E-state index contributed by atoms with van der Waals surface area (Å²) < 4.78 is 10.2. The van der Waals surface area contributed by atoms with E-state index in [4.69, 9.17) is 9.47 Å². The summed E-state index contributed by atoms with van der Waals surface area (Å²) >= 11 is 0. The molecule has 0 saturated carbocycles. The van der Waals surface area contributed by atoms with Crippen LogP contribution in [0.15, 0.2) is 24.3 Å².